The first-order valence-corrected chi connectivity index (χ1v) is 10.5. The number of quaternary nitrogens is 1. The first-order valence-electron chi connectivity index (χ1n) is 9.66. The van der Waals surface area contributed by atoms with Crippen molar-refractivity contribution < 1.29 is 18.8 Å². The van der Waals surface area contributed by atoms with Gasteiger partial charge in [-0.1, -0.05) is 22.5 Å². The molecule has 154 valence electrons. The standard InChI is InChI=1S/C23H27BrN2O3/c1-5-14-26(6-2,7-3)16-19-15-21(25-17(4)27)12-13-22(19)29-23(28)18-8-10-20(24)11-9-18/h5,8-13,15H,1,6-7,14,16H2,2-4H3/p+1. The van der Waals surface area contributed by atoms with Gasteiger partial charge in [0.25, 0.3) is 0 Å². The van der Waals surface area contributed by atoms with Crippen LogP contribution in [0, 0.1) is 0 Å². The van der Waals surface area contributed by atoms with Crippen molar-refractivity contribution in [1.29, 1.82) is 0 Å². The Morgan fingerprint density at radius 1 is 1.14 bits per heavy atom. The summed E-state index contributed by atoms with van der Waals surface area (Å²) in [6, 6.07) is 12.4. The van der Waals surface area contributed by atoms with E-state index in [9.17, 15) is 9.59 Å². The molecule has 2 rings (SSSR count). The van der Waals surface area contributed by atoms with Gasteiger partial charge in [0.2, 0.25) is 5.91 Å². The molecule has 0 saturated heterocycles. The van der Waals surface area contributed by atoms with Gasteiger partial charge in [0.05, 0.1) is 30.8 Å². The Balaban J connectivity index is 2.39. The minimum atomic E-state index is -0.416. The fraction of sp³-hybridized carbons (Fsp3) is 0.304. The Morgan fingerprint density at radius 2 is 1.79 bits per heavy atom. The highest BCUT2D eigenvalue weighted by Crippen LogP contribution is 2.28. The fourth-order valence-electron chi connectivity index (χ4n) is 3.23. The lowest BCUT2D eigenvalue weighted by Crippen LogP contribution is -2.47. The number of esters is 1. The van der Waals surface area contributed by atoms with Crippen molar-refractivity contribution in [3.63, 3.8) is 0 Å². The number of carbonyl (C=O) groups is 2. The number of likely N-dealkylation sites (N-methyl/N-ethyl adjacent to an activating group) is 1. The Bertz CT molecular complexity index is 874. The largest absolute Gasteiger partial charge is 0.422 e. The number of nitrogens with one attached hydrogen (secondary N) is 1. The quantitative estimate of drug-likeness (QED) is 0.243. The number of anilines is 1. The third-order valence-corrected chi connectivity index (χ3v) is 5.56. The van der Waals surface area contributed by atoms with E-state index in [1.807, 2.05) is 12.1 Å². The van der Waals surface area contributed by atoms with Crippen LogP contribution >= 0.6 is 15.9 Å². The minimum absolute atomic E-state index is 0.145. The number of hydrogen-bond acceptors (Lipinski definition) is 3. The van der Waals surface area contributed by atoms with Crippen molar-refractivity contribution in [3.8, 4) is 5.75 Å². The van der Waals surface area contributed by atoms with E-state index in [1.165, 1.54) is 6.92 Å². The lowest BCUT2D eigenvalue weighted by molar-refractivity contribution is -0.932. The maximum absolute atomic E-state index is 12.6. The smallest absolute Gasteiger partial charge is 0.343 e. The molecule has 2 aromatic carbocycles. The third-order valence-electron chi connectivity index (χ3n) is 5.03. The lowest BCUT2D eigenvalue weighted by atomic mass is 10.1. The van der Waals surface area contributed by atoms with E-state index >= 15 is 0 Å². The number of nitrogens with zero attached hydrogens (tertiary/aromatic N) is 1. The maximum Gasteiger partial charge on any atom is 0.343 e. The SMILES string of the molecule is C=CC[N+](CC)(CC)Cc1cc(NC(C)=O)ccc1OC(=O)c1ccc(Br)cc1. The maximum atomic E-state index is 12.6. The molecule has 0 aromatic heterocycles. The molecule has 29 heavy (non-hydrogen) atoms. The number of benzene rings is 2. The average molecular weight is 460 g/mol. The molecule has 6 heteroatoms. The number of halogens is 1. The molecule has 2 aromatic rings. The molecule has 5 nitrogen and oxygen atoms in total. The second kappa shape index (κ2) is 10.4. The summed E-state index contributed by atoms with van der Waals surface area (Å²) in [5, 5.41) is 2.81. The Morgan fingerprint density at radius 3 is 2.34 bits per heavy atom. The number of amides is 1. The number of ether oxygens (including phenoxy) is 1. The Labute approximate surface area is 181 Å². The molecule has 0 unspecified atom stereocenters. The number of hydrogen-bond donors (Lipinski definition) is 1. The van der Waals surface area contributed by atoms with Crippen molar-refractivity contribution in [3.05, 3.63) is 70.7 Å². The van der Waals surface area contributed by atoms with Crippen LogP contribution in [-0.2, 0) is 11.3 Å². The summed E-state index contributed by atoms with van der Waals surface area (Å²) in [6.07, 6.45) is 1.91. The van der Waals surface area contributed by atoms with Gasteiger partial charge in [-0.2, -0.15) is 0 Å². The molecule has 0 heterocycles. The third kappa shape index (κ3) is 6.27. The second-order valence-electron chi connectivity index (χ2n) is 7.00. The number of rotatable bonds is 9. The molecule has 0 saturated carbocycles. The molecule has 1 amide bonds. The highest BCUT2D eigenvalue weighted by atomic mass is 79.9. The van der Waals surface area contributed by atoms with Gasteiger partial charge in [-0.3, -0.25) is 4.79 Å². The summed E-state index contributed by atoms with van der Waals surface area (Å²) in [7, 11) is 0. The molecule has 0 aliphatic rings. The molecule has 1 N–H and O–H groups in total. The molecular formula is C23H28BrN2O3+. The van der Waals surface area contributed by atoms with Crippen LogP contribution in [0.25, 0.3) is 0 Å². The summed E-state index contributed by atoms with van der Waals surface area (Å²) < 4.78 is 7.41. The lowest BCUT2D eigenvalue weighted by Gasteiger charge is -2.36. The van der Waals surface area contributed by atoms with E-state index in [1.54, 1.807) is 36.4 Å². The average Bonchev–Trinajstić information content (AvgIpc) is 2.69. The van der Waals surface area contributed by atoms with Crippen LogP contribution in [0.1, 0.15) is 36.7 Å². The van der Waals surface area contributed by atoms with Crippen molar-refractivity contribution in [2.75, 3.05) is 25.0 Å². The zero-order valence-electron chi connectivity index (χ0n) is 17.2. The zero-order chi connectivity index (χ0) is 21.4. The summed E-state index contributed by atoms with van der Waals surface area (Å²) in [6.45, 7) is 12.9. The summed E-state index contributed by atoms with van der Waals surface area (Å²) in [5.74, 6) is -0.0605. The van der Waals surface area contributed by atoms with E-state index in [0.29, 0.717) is 23.5 Å². The van der Waals surface area contributed by atoms with E-state index in [4.69, 9.17) is 4.74 Å². The zero-order valence-corrected chi connectivity index (χ0v) is 18.8. The molecule has 0 aliphatic heterocycles. The van der Waals surface area contributed by atoms with Gasteiger partial charge in [-0.15, -0.1) is 0 Å². The molecule has 0 fully saturated rings. The topological polar surface area (TPSA) is 55.4 Å². The second-order valence-corrected chi connectivity index (χ2v) is 7.92. The van der Waals surface area contributed by atoms with Gasteiger partial charge in [0.15, 0.2) is 0 Å². The molecule has 0 aliphatic carbocycles. The molecule has 0 bridgehead atoms. The highest BCUT2D eigenvalue weighted by Gasteiger charge is 2.25. The molecular weight excluding hydrogens is 432 g/mol. The monoisotopic (exact) mass is 459 g/mol. The van der Waals surface area contributed by atoms with Crippen molar-refractivity contribution in [2.45, 2.75) is 27.3 Å². The number of carbonyl (C=O) groups excluding carboxylic acids is 2. The van der Waals surface area contributed by atoms with Crippen LogP contribution in [0.4, 0.5) is 5.69 Å². The fourth-order valence-corrected chi connectivity index (χ4v) is 3.50. The van der Waals surface area contributed by atoms with Gasteiger partial charge in [0, 0.05) is 17.1 Å². The van der Waals surface area contributed by atoms with Crippen molar-refractivity contribution in [1.82, 2.24) is 0 Å². The molecule has 0 spiro atoms. The highest BCUT2D eigenvalue weighted by molar-refractivity contribution is 9.10. The minimum Gasteiger partial charge on any atom is -0.422 e. The normalized spacial score (nSPS) is 11.0. The first kappa shape index (κ1) is 22.8. The van der Waals surface area contributed by atoms with E-state index in [-0.39, 0.29) is 5.91 Å². The van der Waals surface area contributed by atoms with Gasteiger partial charge in [0.1, 0.15) is 12.3 Å². The van der Waals surface area contributed by atoms with Crippen LogP contribution in [0.2, 0.25) is 0 Å². The van der Waals surface area contributed by atoms with Crippen molar-refractivity contribution >= 4 is 33.5 Å². The molecule has 0 radical (unpaired) electrons. The van der Waals surface area contributed by atoms with Gasteiger partial charge in [-0.05, 0) is 62.4 Å². The van der Waals surface area contributed by atoms with Gasteiger partial charge in [-0.25, -0.2) is 4.79 Å². The molecule has 0 atom stereocenters. The predicted octanol–water partition coefficient (Wildman–Crippen LogP) is 5.17. The van der Waals surface area contributed by atoms with Gasteiger partial charge >= 0.3 is 5.97 Å². The summed E-state index contributed by atoms with van der Waals surface area (Å²) in [5.41, 5.74) is 2.02. The van der Waals surface area contributed by atoms with E-state index in [2.05, 4.69) is 41.7 Å². The van der Waals surface area contributed by atoms with Crippen LogP contribution < -0.4 is 10.1 Å². The first-order chi connectivity index (χ1) is 13.8. The Kier molecular flexibility index (Phi) is 8.17. The Hall–Kier alpha value is -2.44. The predicted molar refractivity (Wildman–Crippen MR) is 120 cm³/mol. The van der Waals surface area contributed by atoms with Crippen LogP contribution in [0.15, 0.2) is 59.6 Å². The van der Waals surface area contributed by atoms with E-state index < -0.39 is 5.97 Å². The van der Waals surface area contributed by atoms with Crippen molar-refractivity contribution in [2.24, 2.45) is 0 Å². The van der Waals surface area contributed by atoms with E-state index in [0.717, 1.165) is 34.2 Å². The van der Waals surface area contributed by atoms with Crippen LogP contribution in [0.5, 0.6) is 5.75 Å². The van der Waals surface area contributed by atoms with Crippen LogP contribution in [-0.4, -0.2) is 36.0 Å². The summed E-state index contributed by atoms with van der Waals surface area (Å²) >= 11 is 3.37. The summed E-state index contributed by atoms with van der Waals surface area (Å²) in [4.78, 5) is 24.1. The van der Waals surface area contributed by atoms with Crippen LogP contribution in [0.3, 0.4) is 0 Å². The van der Waals surface area contributed by atoms with Gasteiger partial charge < -0.3 is 14.5 Å².